The van der Waals surface area contributed by atoms with Gasteiger partial charge in [-0.2, -0.15) is 0 Å². The van der Waals surface area contributed by atoms with Gasteiger partial charge in [0.1, 0.15) is 0 Å². The van der Waals surface area contributed by atoms with Crippen LogP contribution in [0.4, 0.5) is 0 Å². The minimum atomic E-state index is 0.909. The van der Waals surface area contributed by atoms with Gasteiger partial charge in [-0.3, -0.25) is 0 Å². The third-order valence-corrected chi connectivity index (χ3v) is 7.02. The molecule has 0 heteroatoms. The van der Waals surface area contributed by atoms with E-state index in [4.69, 9.17) is 0 Å². The average molecular weight is 309 g/mol. The Hall–Kier alpha value is 0. The van der Waals surface area contributed by atoms with E-state index < -0.39 is 0 Å². The van der Waals surface area contributed by atoms with Gasteiger partial charge in [0, 0.05) is 0 Å². The highest BCUT2D eigenvalue weighted by Crippen LogP contribution is 2.38. The van der Waals surface area contributed by atoms with Crippen LogP contribution in [0.1, 0.15) is 99.8 Å². The van der Waals surface area contributed by atoms with E-state index >= 15 is 0 Å². The summed E-state index contributed by atoms with van der Waals surface area (Å²) in [6.45, 7) is 16.7. The number of hydrogen-bond donors (Lipinski definition) is 0. The Morgan fingerprint density at radius 1 is 0.727 bits per heavy atom. The maximum Gasteiger partial charge on any atom is -0.0388 e. The summed E-state index contributed by atoms with van der Waals surface area (Å²) in [7, 11) is 0. The maximum atomic E-state index is 2.44. The second-order valence-electron chi connectivity index (χ2n) is 9.03. The fourth-order valence-electron chi connectivity index (χ4n) is 4.85. The van der Waals surface area contributed by atoms with Crippen LogP contribution in [0, 0.1) is 41.4 Å². The summed E-state index contributed by atoms with van der Waals surface area (Å²) in [6, 6.07) is 0. The molecule has 132 valence electrons. The first-order valence-corrected chi connectivity index (χ1v) is 10.4. The highest BCUT2D eigenvalue weighted by atomic mass is 14.3. The predicted molar refractivity (Wildman–Crippen MR) is 101 cm³/mol. The predicted octanol–water partition coefficient (Wildman–Crippen LogP) is 7.57. The fourth-order valence-corrected chi connectivity index (χ4v) is 4.85. The van der Waals surface area contributed by atoms with Gasteiger partial charge in [-0.15, -0.1) is 0 Å². The van der Waals surface area contributed by atoms with E-state index in [-0.39, 0.29) is 0 Å². The maximum absolute atomic E-state index is 2.44. The lowest BCUT2D eigenvalue weighted by Gasteiger charge is -2.35. The van der Waals surface area contributed by atoms with E-state index in [1.165, 1.54) is 51.4 Å². The minimum absolute atomic E-state index is 0.909. The van der Waals surface area contributed by atoms with Gasteiger partial charge < -0.3 is 0 Å². The zero-order chi connectivity index (χ0) is 16.7. The third kappa shape index (κ3) is 6.25. The molecular weight excluding hydrogens is 264 g/mol. The summed E-state index contributed by atoms with van der Waals surface area (Å²) in [5, 5.41) is 0. The summed E-state index contributed by atoms with van der Waals surface area (Å²) in [5.41, 5.74) is 0. The molecule has 0 nitrogen and oxygen atoms in total. The standard InChI is InChI=1S/C12H24.C10H20/c1-5-11-8-12(9(2)3)7-6-10(11)4;1-4-10-7-8(2)5-6-9(10)3/h9-12H,5-8H2,1-4H3;8-10H,4-7H2,1-3H3. The Balaban J connectivity index is 0.000000224. The average Bonchev–Trinajstić information content (AvgIpc) is 2.50. The lowest BCUT2D eigenvalue weighted by atomic mass is 9.70. The first kappa shape index (κ1) is 20.0. The second-order valence-corrected chi connectivity index (χ2v) is 9.03. The Kier molecular flexibility index (Phi) is 9.10. The van der Waals surface area contributed by atoms with Crippen molar-refractivity contribution in [2.45, 2.75) is 99.8 Å². The van der Waals surface area contributed by atoms with Crippen molar-refractivity contribution in [1.29, 1.82) is 0 Å². The first-order valence-electron chi connectivity index (χ1n) is 10.4. The van der Waals surface area contributed by atoms with Crippen LogP contribution in [0.3, 0.4) is 0 Å². The molecule has 0 amide bonds. The lowest BCUT2D eigenvalue weighted by molar-refractivity contribution is 0.155. The van der Waals surface area contributed by atoms with Crippen LogP contribution < -0.4 is 0 Å². The molecule has 0 aliphatic heterocycles. The molecule has 0 bridgehead atoms. The molecule has 2 fully saturated rings. The van der Waals surface area contributed by atoms with Gasteiger partial charge in [0.15, 0.2) is 0 Å². The van der Waals surface area contributed by atoms with Crippen molar-refractivity contribution >= 4 is 0 Å². The molecule has 0 heterocycles. The number of hydrogen-bond acceptors (Lipinski definition) is 0. The van der Waals surface area contributed by atoms with E-state index in [0.717, 1.165) is 41.4 Å². The molecular formula is C22H44. The molecule has 0 N–H and O–H groups in total. The zero-order valence-corrected chi connectivity index (χ0v) is 16.7. The molecule has 22 heavy (non-hydrogen) atoms. The summed E-state index contributed by atoms with van der Waals surface area (Å²) in [6.07, 6.45) is 11.7. The zero-order valence-electron chi connectivity index (χ0n) is 16.7. The van der Waals surface area contributed by atoms with Crippen LogP contribution in [-0.2, 0) is 0 Å². The van der Waals surface area contributed by atoms with E-state index in [1.807, 2.05) is 0 Å². The molecule has 0 aromatic carbocycles. The van der Waals surface area contributed by atoms with Crippen LogP contribution in [0.15, 0.2) is 0 Å². The van der Waals surface area contributed by atoms with Crippen LogP contribution in [0.25, 0.3) is 0 Å². The van der Waals surface area contributed by atoms with E-state index in [9.17, 15) is 0 Å². The molecule has 6 atom stereocenters. The Morgan fingerprint density at radius 2 is 1.23 bits per heavy atom. The lowest BCUT2D eigenvalue weighted by Crippen LogP contribution is -2.25. The molecule has 2 saturated carbocycles. The van der Waals surface area contributed by atoms with Crippen molar-refractivity contribution < 1.29 is 0 Å². The van der Waals surface area contributed by atoms with Crippen LogP contribution >= 0.6 is 0 Å². The van der Waals surface area contributed by atoms with Gasteiger partial charge in [0.2, 0.25) is 0 Å². The third-order valence-electron chi connectivity index (χ3n) is 7.02. The summed E-state index contributed by atoms with van der Waals surface area (Å²) in [4.78, 5) is 0. The van der Waals surface area contributed by atoms with Gasteiger partial charge in [-0.25, -0.2) is 0 Å². The fraction of sp³-hybridized carbons (Fsp3) is 1.00. The van der Waals surface area contributed by atoms with Gasteiger partial charge in [0.25, 0.3) is 0 Å². The molecule has 2 aliphatic carbocycles. The molecule has 6 unspecified atom stereocenters. The Morgan fingerprint density at radius 3 is 1.68 bits per heavy atom. The van der Waals surface area contributed by atoms with Gasteiger partial charge in [-0.05, 0) is 60.7 Å². The van der Waals surface area contributed by atoms with Crippen LogP contribution in [0.5, 0.6) is 0 Å². The highest BCUT2D eigenvalue weighted by molar-refractivity contribution is 4.78. The van der Waals surface area contributed by atoms with Gasteiger partial charge in [0.05, 0.1) is 0 Å². The quantitative estimate of drug-likeness (QED) is 0.504. The monoisotopic (exact) mass is 308 g/mol. The minimum Gasteiger partial charge on any atom is -0.0651 e. The van der Waals surface area contributed by atoms with E-state index in [2.05, 4.69) is 48.5 Å². The van der Waals surface area contributed by atoms with Crippen molar-refractivity contribution in [3.05, 3.63) is 0 Å². The first-order chi connectivity index (χ1) is 10.4. The van der Waals surface area contributed by atoms with Crippen molar-refractivity contribution in [3.63, 3.8) is 0 Å². The van der Waals surface area contributed by atoms with Crippen molar-refractivity contribution in [2.24, 2.45) is 41.4 Å². The smallest absolute Gasteiger partial charge is 0.0388 e. The summed E-state index contributed by atoms with van der Waals surface area (Å²) < 4.78 is 0. The van der Waals surface area contributed by atoms with Crippen molar-refractivity contribution in [1.82, 2.24) is 0 Å². The number of rotatable bonds is 3. The topological polar surface area (TPSA) is 0 Å². The molecule has 2 aliphatic rings. The SMILES string of the molecule is CCC1CC(C(C)C)CCC1C.CCC1CC(C)CCC1C. The van der Waals surface area contributed by atoms with Gasteiger partial charge in [-0.1, -0.05) is 80.6 Å². The molecule has 0 radical (unpaired) electrons. The Bertz CT molecular complexity index is 280. The largest absolute Gasteiger partial charge is 0.0651 e. The molecule has 0 spiro atoms. The van der Waals surface area contributed by atoms with Gasteiger partial charge >= 0.3 is 0 Å². The highest BCUT2D eigenvalue weighted by Gasteiger charge is 2.27. The van der Waals surface area contributed by atoms with Crippen LogP contribution in [0.2, 0.25) is 0 Å². The van der Waals surface area contributed by atoms with E-state index in [0.29, 0.717) is 0 Å². The Labute approximate surface area is 141 Å². The molecule has 0 aromatic rings. The summed E-state index contributed by atoms with van der Waals surface area (Å²) >= 11 is 0. The molecule has 0 saturated heterocycles. The van der Waals surface area contributed by atoms with Crippen molar-refractivity contribution in [3.8, 4) is 0 Å². The molecule has 0 aromatic heterocycles. The van der Waals surface area contributed by atoms with Crippen LogP contribution in [-0.4, -0.2) is 0 Å². The normalized spacial score (nSPS) is 39.3. The van der Waals surface area contributed by atoms with E-state index in [1.54, 1.807) is 0 Å². The molecule has 2 rings (SSSR count). The summed E-state index contributed by atoms with van der Waals surface area (Å²) in [5.74, 6) is 6.97. The second kappa shape index (κ2) is 9.99. The van der Waals surface area contributed by atoms with Crippen molar-refractivity contribution in [2.75, 3.05) is 0 Å².